The normalized spacial score (nSPS) is 11.3. The maximum atomic E-state index is 10.6. The molecule has 0 saturated carbocycles. The van der Waals surface area contributed by atoms with E-state index in [4.69, 9.17) is 0 Å². The van der Waals surface area contributed by atoms with Crippen LogP contribution < -0.4 is 5.49 Å². The zero-order valence-electron chi connectivity index (χ0n) is 10.2. The first-order valence-electron chi connectivity index (χ1n) is 5.64. The van der Waals surface area contributed by atoms with Crippen molar-refractivity contribution in [3.05, 3.63) is 79.9 Å². The van der Waals surface area contributed by atoms with Gasteiger partial charge in [0.25, 0.3) is 5.69 Å². The first-order chi connectivity index (χ1) is 9.56. The third-order valence-corrected chi connectivity index (χ3v) is 2.60. The highest BCUT2D eigenvalue weighted by Gasteiger charge is 2.05. The molecule has 102 valence electrons. The summed E-state index contributed by atoms with van der Waals surface area (Å²) in [4.78, 5) is 20.5. The standard InChI is InChI=1S/C12H10N4O4/c17-15(18)11-6-4-10(5-7-11)9-14-8-2-1-3-12(14)13-16(19)20/h1-8H,9H2. The van der Waals surface area contributed by atoms with Gasteiger partial charge < -0.3 is 4.57 Å². The fraction of sp³-hybridized carbons (Fsp3) is 0.0833. The second-order valence-electron chi connectivity index (χ2n) is 3.95. The van der Waals surface area contributed by atoms with Gasteiger partial charge in [0, 0.05) is 24.9 Å². The van der Waals surface area contributed by atoms with Gasteiger partial charge in [-0.15, -0.1) is 0 Å². The van der Waals surface area contributed by atoms with Gasteiger partial charge in [-0.1, -0.05) is 18.2 Å². The zero-order chi connectivity index (χ0) is 14.5. The number of non-ortho nitro benzene ring substituents is 1. The van der Waals surface area contributed by atoms with Gasteiger partial charge in [0.1, 0.15) is 0 Å². The minimum Gasteiger partial charge on any atom is -0.324 e. The van der Waals surface area contributed by atoms with Gasteiger partial charge in [0.05, 0.1) is 10.0 Å². The van der Waals surface area contributed by atoms with Gasteiger partial charge in [0.15, 0.2) is 5.03 Å². The highest BCUT2D eigenvalue weighted by Crippen LogP contribution is 2.12. The lowest BCUT2D eigenvalue weighted by Gasteiger charge is -2.05. The van der Waals surface area contributed by atoms with Crippen molar-refractivity contribution in [1.82, 2.24) is 4.57 Å². The Morgan fingerprint density at radius 3 is 2.35 bits per heavy atom. The number of nitrogens with zero attached hydrogens (tertiary/aromatic N) is 4. The first-order valence-corrected chi connectivity index (χ1v) is 5.64. The molecule has 0 aliphatic carbocycles. The van der Waals surface area contributed by atoms with Crippen molar-refractivity contribution < 1.29 is 9.96 Å². The summed E-state index contributed by atoms with van der Waals surface area (Å²) in [5, 5.41) is 23.5. The van der Waals surface area contributed by atoms with E-state index in [-0.39, 0.29) is 11.2 Å². The van der Waals surface area contributed by atoms with Crippen LogP contribution in [0.5, 0.6) is 0 Å². The molecule has 2 rings (SSSR count). The van der Waals surface area contributed by atoms with Crippen molar-refractivity contribution in [2.24, 2.45) is 5.10 Å². The highest BCUT2D eigenvalue weighted by atomic mass is 16.7. The van der Waals surface area contributed by atoms with Crippen LogP contribution in [0.25, 0.3) is 0 Å². The number of rotatable bonds is 4. The Hall–Kier alpha value is -3.03. The predicted molar refractivity (Wildman–Crippen MR) is 69.2 cm³/mol. The van der Waals surface area contributed by atoms with Crippen LogP contribution in [0.15, 0.2) is 53.8 Å². The lowest BCUT2D eigenvalue weighted by molar-refractivity contribution is -0.490. The van der Waals surface area contributed by atoms with Gasteiger partial charge in [-0.2, -0.15) is 0 Å². The Kier molecular flexibility index (Phi) is 3.85. The SMILES string of the molecule is O=[N+]([O-])N=c1ccccn1Cc1ccc([N+](=O)[O-])cc1. The Morgan fingerprint density at radius 1 is 1.05 bits per heavy atom. The summed E-state index contributed by atoms with van der Waals surface area (Å²) in [6.45, 7) is 0.339. The van der Waals surface area contributed by atoms with Gasteiger partial charge in [-0.05, 0) is 17.7 Å². The van der Waals surface area contributed by atoms with Crippen LogP contribution in [0, 0.1) is 20.2 Å². The summed E-state index contributed by atoms with van der Waals surface area (Å²) < 4.78 is 1.59. The van der Waals surface area contributed by atoms with E-state index in [1.165, 1.54) is 18.2 Å². The van der Waals surface area contributed by atoms with Crippen molar-refractivity contribution in [2.75, 3.05) is 0 Å². The van der Waals surface area contributed by atoms with E-state index in [9.17, 15) is 20.2 Å². The monoisotopic (exact) mass is 274 g/mol. The fourth-order valence-electron chi connectivity index (χ4n) is 1.70. The summed E-state index contributed by atoms with van der Waals surface area (Å²) in [7, 11) is 0. The van der Waals surface area contributed by atoms with E-state index in [0.29, 0.717) is 6.54 Å². The molecular weight excluding hydrogens is 264 g/mol. The van der Waals surface area contributed by atoms with E-state index in [1.54, 1.807) is 35.0 Å². The topological polar surface area (TPSA) is 104 Å². The molecule has 0 aliphatic heterocycles. The average Bonchev–Trinajstić information content (AvgIpc) is 2.41. The third kappa shape index (κ3) is 3.25. The molecule has 0 aliphatic rings. The van der Waals surface area contributed by atoms with Crippen molar-refractivity contribution in [2.45, 2.75) is 6.54 Å². The lowest BCUT2D eigenvalue weighted by Crippen LogP contribution is -2.21. The zero-order valence-corrected chi connectivity index (χ0v) is 10.2. The molecule has 0 saturated heterocycles. The van der Waals surface area contributed by atoms with Gasteiger partial charge in [-0.3, -0.25) is 10.1 Å². The van der Waals surface area contributed by atoms with E-state index < -0.39 is 9.96 Å². The molecule has 8 nitrogen and oxygen atoms in total. The Labute approximate surface area is 112 Å². The molecule has 0 radical (unpaired) electrons. The molecular formula is C12H10N4O4. The molecule has 1 aromatic heterocycles. The summed E-state index contributed by atoms with van der Waals surface area (Å²) in [6, 6.07) is 10.9. The molecule has 0 unspecified atom stereocenters. The largest absolute Gasteiger partial charge is 0.324 e. The molecule has 0 fully saturated rings. The van der Waals surface area contributed by atoms with Gasteiger partial charge >= 0.3 is 0 Å². The molecule has 0 atom stereocenters. The van der Waals surface area contributed by atoms with Gasteiger partial charge in [-0.25, -0.2) is 10.1 Å². The van der Waals surface area contributed by atoms with Crippen LogP contribution >= 0.6 is 0 Å². The van der Waals surface area contributed by atoms with Crippen molar-refractivity contribution in [1.29, 1.82) is 0 Å². The van der Waals surface area contributed by atoms with Crippen molar-refractivity contribution >= 4 is 5.69 Å². The summed E-state index contributed by atoms with van der Waals surface area (Å²) in [6.07, 6.45) is 1.66. The Balaban J connectivity index is 2.31. The molecule has 20 heavy (non-hydrogen) atoms. The highest BCUT2D eigenvalue weighted by molar-refractivity contribution is 5.32. The average molecular weight is 274 g/mol. The minimum absolute atomic E-state index is 0.00186. The summed E-state index contributed by atoms with van der Waals surface area (Å²) in [5.41, 5.74) is 0.990. The number of benzene rings is 1. The third-order valence-electron chi connectivity index (χ3n) is 2.60. The Bertz CT molecular complexity index is 706. The van der Waals surface area contributed by atoms with E-state index in [2.05, 4.69) is 5.10 Å². The molecule has 0 amide bonds. The van der Waals surface area contributed by atoms with Crippen LogP contribution in [0.4, 0.5) is 5.69 Å². The smallest absolute Gasteiger partial charge is 0.269 e. The minimum atomic E-state index is -0.762. The maximum Gasteiger partial charge on any atom is 0.269 e. The number of nitro groups is 2. The van der Waals surface area contributed by atoms with E-state index >= 15 is 0 Å². The summed E-state index contributed by atoms with van der Waals surface area (Å²) in [5.74, 6) is 0. The molecule has 1 heterocycles. The number of nitro benzene ring substituents is 1. The number of hydrogen-bond donors (Lipinski definition) is 0. The van der Waals surface area contributed by atoms with Gasteiger partial charge in [0.2, 0.25) is 5.49 Å². The van der Waals surface area contributed by atoms with Crippen LogP contribution in [0.3, 0.4) is 0 Å². The Morgan fingerprint density at radius 2 is 1.75 bits per heavy atom. The predicted octanol–water partition coefficient (Wildman–Crippen LogP) is 1.54. The second-order valence-corrected chi connectivity index (χ2v) is 3.95. The molecule has 0 N–H and O–H groups in total. The van der Waals surface area contributed by atoms with Crippen LogP contribution in [-0.4, -0.2) is 14.5 Å². The first kappa shape index (κ1) is 13.4. The van der Waals surface area contributed by atoms with E-state index in [1.807, 2.05) is 0 Å². The quantitative estimate of drug-likeness (QED) is 0.622. The molecule has 1 aromatic carbocycles. The molecule has 2 aromatic rings. The number of aromatic nitrogens is 1. The second kappa shape index (κ2) is 5.74. The van der Waals surface area contributed by atoms with Crippen molar-refractivity contribution in [3.63, 3.8) is 0 Å². The molecule has 0 bridgehead atoms. The number of hydrogen-bond acceptors (Lipinski definition) is 4. The molecule has 0 spiro atoms. The van der Waals surface area contributed by atoms with Crippen LogP contribution in [0.1, 0.15) is 5.56 Å². The maximum absolute atomic E-state index is 10.6. The van der Waals surface area contributed by atoms with Crippen LogP contribution in [-0.2, 0) is 6.54 Å². The van der Waals surface area contributed by atoms with E-state index in [0.717, 1.165) is 5.56 Å². The summed E-state index contributed by atoms with van der Waals surface area (Å²) >= 11 is 0. The van der Waals surface area contributed by atoms with Crippen LogP contribution in [0.2, 0.25) is 0 Å². The fourth-order valence-corrected chi connectivity index (χ4v) is 1.70. The number of pyridine rings is 1. The lowest BCUT2D eigenvalue weighted by atomic mass is 10.2. The van der Waals surface area contributed by atoms with Crippen molar-refractivity contribution in [3.8, 4) is 0 Å². The molecule has 8 heteroatoms.